The van der Waals surface area contributed by atoms with Crippen molar-refractivity contribution < 1.29 is 27.8 Å². The molecule has 2 heterocycles. The van der Waals surface area contributed by atoms with E-state index in [0.29, 0.717) is 51.1 Å². The predicted octanol–water partition coefficient (Wildman–Crippen LogP) is 3.87. The number of carbonyl (C=O) groups is 1. The number of nitriles is 1. The van der Waals surface area contributed by atoms with E-state index in [1.54, 1.807) is 18.1 Å². The molecule has 0 aromatic heterocycles. The average Bonchev–Trinajstić information content (AvgIpc) is 3.26. The van der Waals surface area contributed by atoms with Crippen LogP contribution in [0.5, 0.6) is 5.75 Å². The first-order valence-electron chi connectivity index (χ1n) is 11.6. The third-order valence-electron chi connectivity index (χ3n) is 7.38. The van der Waals surface area contributed by atoms with Gasteiger partial charge in [-0.2, -0.15) is 18.4 Å². The van der Waals surface area contributed by atoms with Crippen LogP contribution in [0.4, 0.5) is 18.9 Å². The van der Waals surface area contributed by atoms with Crippen LogP contribution in [0.15, 0.2) is 42.5 Å². The smallest absolute Gasteiger partial charge is 0.417 e. The molecular weight excluding hydrogens is 459 g/mol. The van der Waals surface area contributed by atoms with Gasteiger partial charge in [-0.25, -0.2) is 0 Å². The minimum atomic E-state index is -4.62. The lowest BCUT2D eigenvalue weighted by molar-refractivity contribution is -0.137. The SMILES string of the molecule is COc1ccc(CCC(=O)N2C[C@H]3CN(c4ccc(C#N)c(C(F)(F)F)c4)CC[C@@]3(CO)C2)cc1. The Balaban J connectivity index is 1.44. The molecule has 186 valence electrons. The number of aliphatic hydroxyl groups excluding tert-OH is 1. The Morgan fingerprint density at radius 2 is 1.97 bits per heavy atom. The van der Waals surface area contributed by atoms with Gasteiger partial charge in [0.25, 0.3) is 0 Å². The quantitative estimate of drug-likeness (QED) is 0.670. The molecule has 0 aliphatic carbocycles. The van der Waals surface area contributed by atoms with Crippen LogP contribution < -0.4 is 9.64 Å². The molecule has 1 N–H and O–H groups in total. The molecule has 2 saturated heterocycles. The third kappa shape index (κ3) is 5.08. The number of aliphatic hydroxyl groups is 1. The van der Waals surface area contributed by atoms with Crippen LogP contribution in [-0.2, 0) is 17.4 Å². The zero-order valence-electron chi connectivity index (χ0n) is 19.5. The van der Waals surface area contributed by atoms with Crippen LogP contribution >= 0.6 is 0 Å². The van der Waals surface area contributed by atoms with E-state index in [1.807, 2.05) is 29.2 Å². The maximum atomic E-state index is 13.4. The van der Waals surface area contributed by atoms with Crippen LogP contribution in [0.25, 0.3) is 0 Å². The molecule has 0 saturated carbocycles. The van der Waals surface area contributed by atoms with Gasteiger partial charge < -0.3 is 19.6 Å². The third-order valence-corrected chi connectivity index (χ3v) is 7.38. The highest BCUT2D eigenvalue weighted by Gasteiger charge is 2.50. The van der Waals surface area contributed by atoms with E-state index in [-0.39, 0.29) is 18.4 Å². The van der Waals surface area contributed by atoms with Gasteiger partial charge in [-0.15, -0.1) is 0 Å². The number of benzene rings is 2. The van der Waals surface area contributed by atoms with Gasteiger partial charge in [0.05, 0.1) is 30.9 Å². The number of carbonyl (C=O) groups excluding carboxylic acids is 1. The van der Waals surface area contributed by atoms with Crippen molar-refractivity contribution in [3.8, 4) is 11.8 Å². The summed E-state index contributed by atoms with van der Waals surface area (Å²) in [6, 6.07) is 12.9. The van der Waals surface area contributed by atoms with Crippen molar-refractivity contribution >= 4 is 11.6 Å². The summed E-state index contributed by atoms with van der Waals surface area (Å²) in [5.41, 5.74) is -0.380. The number of halogens is 3. The Bertz CT molecular complexity index is 1110. The summed E-state index contributed by atoms with van der Waals surface area (Å²) in [5.74, 6) is 0.700. The van der Waals surface area contributed by atoms with Crippen molar-refractivity contribution in [3.63, 3.8) is 0 Å². The Kier molecular flexibility index (Phi) is 6.95. The second-order valence-electron chi connectivity index (χ2n) is 9.38. The molecule has 0 bridgehead atoms. The van der Waals surface area contributed by atoms with Gasteiger partial charge in [-0.3, -0.25) is 4.79 Å². The van der Waals surface area contributed by atoms with Crippen molar-refractivity contribution in [1.29, 1.82) is 5.26 Å². The van der Waals surface area contributed by atoms with Gasteiger partial charge >= 0.3 is 6.18 Å². The molecule has 2 aromatic rings. The molecule has 2 aliphatic heterocycles. The molecule has 35 heavy (non-hydrogen) atoms. The number of likely N-dealkylation sites (tertiary alicyclic amines) is 1. The minimum Gasteiger partial charge on any atom is -0.497 e. The van der Waals surface area contributed by atoms with E-state index < -0.39 is 22.7 Å². The molecule has 6 nitrogen and oxygen atoms in total. The van der Waals surface area contributed by atoms with Crippen molar-refractivity contribution in [3.05, 3.63) is 59.2 Å². The van der Waals surface area contributed by atoms with Crippen molar-refractivity contribution in [1.82, 2.24) is 4.90 Å². The molecule has 2 aliphatic rings. The number of aryl methyl sites for hydroxylation is 1. The van der Waals surface area contributed by atoms with Crippen LogP contribution in [0, 0.1) is 22.7 Å². The van der Waals surface area contributed by atoms with E-state index in [1.165, 1.54) is 12.1 Å². The molecule has 4 rings (SSSR count). The standard InChI is InChI=1S/C26H28F3N3O3/c1-35-22-7-2-18(3-8-22)4-9-24(34)32-15-20-14-31(11-10-25(20,16-32)17-33)21-6-5-19(13-30)23(12-21)26(27,28)29/h2-3,5-8,12,20,33H,4,9-11,14-17H2,1H3/t20-,25+/m1/s1. The van der Waals surface area contributed by atoms with Gasteiger partial charge in [-0.1, -0.05) is 12.1 Å². The summed E-state index contributed by atoms with van der Waals surface area (Å²) in [7, 11) is 1.60. The Labute approximate surface area is 202 Å². The number of piperidine rings is 1. The maximum Gasteiger partial charge on any atom is 0.417 e. The lowest BCUT2D eigenvalue weighted by atomic mass is 9.73. The molecule has 9 heteroatoms. The molecular formula is C26H28F3N3O3. The molecule has 2 aromatic carbocycles. The number of hydrogen-bond donors (Lipinski definition) is 1. The van der Waals surface area contributed by atoms with E-state index in [4.69, 9.17) is 10.00 Å². The molecule has 2 fully saturated rings. The second kappa shape index (κ2) is 9.78. The normalized spacial score (nSPS) is 22.0. The van der Waals surface area contributed by atoms with Crippen LogP contribution in [0.3, 0.4) is 0 Å². The Morgan fingerprint density at radius 3 is 2.60 bits per heavy atom. The maximum absolute atomic E-state index is 13.4. The molecule has 0 radical (unpaired) electrons. The predicted molar refractivity (Wildman–Crippen MR) is 124 cm³/mol. The van der Waals surface area contributed by atoms with Gasteiger partial charge in [0.1, 0.15) is 5.75 Å². The number of hydrogen-bond acceptors (Lipinski definition) is 5. The summed E-state index contributed by atoms with van der Waals surface area (Å²) in [4.78, 5) is 16.6. The number of nitrogens with zero attached hydrogens (tertiary/aromatic N) is 3. The van der Waals surface area contributed by atoms with Crippen molar-refractivity contribution in [2.75, 3.05) is 44.8 Å². The fraction of sp³-hybridized carbons (Fsp3) is 0.462. The van der Waals surface area contributed by atoms with Gasteiger partial charge in [0.2, 0.25) is 5.91 Å². The monoisotopic (exact) mass is 487 g/mol. The first kappa shape index (κ1) is 24.9. The highest BCUT2D eigenvalue weighted by molar-refractivity contribution is 5.77. The number of rotatable bonds is 6. The Morgan fingerprint density at radius 1 is 1.23 bits per heavy atom. The zero-order chi connectivity index (χ0) is 25.2. The lowest BCUT2D eigenvalue weighted by Gasteiger charge is -2.43. The highest BCUT2D eigenvalue weighted by Crippen LogP contribution is 2.44. The van der Waals surface area contributed by atoms with E-state index >= 15 is 0 Å². The summed E-state index contributed by atoms with van der Waals surface area (Å²) in [5, 5.41) is 19.3. The first-order chi connectivity index (χ1) is 16.7. The fourth-order valence-corrected chi connectivity index (χ4v) is 5.23. The number of ether oxygens (including phenoxy) is 1. The minimum absolute atomic E-state index is 0.00678. The summed E-state index contributed by atoms with van der Waals surface area (Å²) in [6.45, 7) is 1.74. The average molecular weight is 488 g/mol. The topological polar surface area (TPSA) is 76.8 Å². The molecule has 0 spiro atoms. The number of methoxy groups -OCH3 is 1. The second-order valence-corrected chi connectivity index (χ2v) is 9.38. The van der Waals surface area contributed by atoms with Gasteiger partial charge in [0.15, 0.2) is 0 Å². The number of anilines is 1. The summed E-state index contributed by atoms with van der Waals surface area (Å²) < 4.78 is 45.5. The Hall–Kier alpha value is -3.25. The summed E-state index contributed by atoms with van der Waals surface area (Å²) in [6.07, 6.45) is -3.12. The molecule has 0 unspecified atom stereocenters. The van der Waals surface area contributed by atoms with Crippen LogP contribution in [-0.4, -0.2) is 55.8 Å². The van der Waals surface area contributed by atoms with Crippen LogP contribution in [0.1, 0.15) is 29.5 Å². The number of alkyl halides is 3. The largest absolute Gasteiger partial charge is 0.497 e. The van der Waals surface area contributed by atoms with E-state index in [2.05, 4.69) is 0 Å². The lowest BCUT2D eigenvalue weighted by Crippen LogP contribution is -2.49. The number of fused-ring (bicyclic) bond motifs is 1. The highest BCUT2D eigenvalue weighted by atomic mass is 19.4. The fourth-order valence-electron chi connectivity index (χ4n) is 5.23. The van der Waals surface area contributed by atoms with Crippen molar-refractivity contribution in [2.24, 2.45) is 11.3 Å². The van der Waals surface area contributed by atoms with Gasteiger partial charge in [0, 0.05) is 49.6 Å². The zero-order valence-corrected chi connectivity index (χ0v) is 19.5. The summed E-state index contributed by atoms with van der Waals surface area (Å²) >= 11 is 0. The molecule has 2 atom stereocenters. The molecule has 1 amide bonds. The van der Waals surface area contributed by atoms with E-state index in [0.717, 1.165) is 17.4 Å². The van der Waals surface area contributed by atoms with Crippen molar-refractivity contribution in [2.45, 2.75) is 25.4 Å². The number of amides is 1. The first-order valence-corrected chi connectivity index (χ1v) is 11.6. The van der Waals surface area contributed by atoms with Crippen LogP contribution in [0.2, 0.25) is 0 Å². The van der Waals surface area contributed by atoms with Gasteiger partial charge in [-0.05, 0) is 48.7 Å². The van der Waals surface area contributed by atoms with E-state index in [9.17, 15) is 23.1 Å².